The molecular formula is C11H15BrO3S2. The van der Waals surface area contributed by atoms with Gasteiger partial charge < -0.3 is 5.11 Å². The lowest BCUT2D eigenvalue weighted by atomic mass is 10.1. The number of hydrogen-bond acceptors (Lipinski definition) is 4. The zero-order valence-electron chi connectivity index (χ0n) is 9.90. The Hall–Kier alpha value is -0.0400. The molecule has 1 unspecified atom stereocenters. The summed E-state index contributed by atoms with van der Waals surface area (Å²) < 4.78 is 24.2. The highest BCUT2D eigenvalue weighted by Gasteiger charge is 2.17. The molecule has 0 aliphatic rings. The molecule has 0 aliphatic heterocycles. The third-order valence-corrected chi connectivity index (χ3v) is 5.19. The number of thioether (sulfide) groups is 1. The van der Waals surface area contributed by atoms with E-state index in [1.165, 1.54) is 18.0 Å². The molecule has 0 fully saturated rings. The van der Waals surface area contributed by atoms with Gasteiger partial charge in [-0.15, -0.1) is 11.8 Å². The van der Waals surface area contributed by atoms with Crippen LogP contribution in [0.25, 0.3) is 0 Å². The molecule has 0 bridgehead atoms. The summed E-state index contributed by atoms with van der Waals surface area (Å²) in [5.74, 6) is 0. The molecule has 0 saturated carbocycles. The third kappa shape index (κ3) is 3.98. The van der Waals surface area contributed by atoms with Crippen LogP contribution < -0.4 is 0 Å². The quantitative estimate of drug-likeness (QED) is 0.857. The van der Waals surface area contributed by atoms with Crippen molar-refractivity contribution in [3.8, 4) is 0 Å². The topological polar surface area (TPSA) is 54.4 Å². The maximum Gasteiger partial charge on any atom is 0.176 e. The minimum Gasteiger partial charge on any atom is -0.393 e. The van der Waals surface area contributed by atoms with E-state index >= 15 is 0 Å². The molecule has 0 saturated heterocycles. The van der Waals surface area contributed by atoms with E-state index in [0.29, 0.717) is 16.2 Å². The lowest BCUT2D eigenvalue weighted by molar-refractivity contribution is 0.195. The molecule has 0 radical (unpaired) electrons. The Kier molecular flexibility index (Phi) is 5.07. The zero-order chi connectivity index (χ0) is 13.2. The van der Waals surface area contributed by atoms with Crippen LogP contribution in [0, 0.1) is 0 Å². The maximum absolute atomic E-state index is 11.7. The number of halogens is 1. The second-order valence-corrected chi connectivity index (χ2v) is 7.59. The minimum atomic E-state index is -3.26. The first-order valence-corrected chi connectivity index (χ1v) is 8.91. The number of aliphatic hydroxyl groups excluding tert-OH is 1. The van der Waals surface area contributed by atoms with Gasteiger partial charge in [0.15, 0.2) is 9.84 Å². The summed E-state index contributed by atoms with van der Waals surface area (Å²) in [6, 6.07) is 3.49. The average molecular weight is 339 g/mol. The molecule has 0 aliphatic carbocycles. The van der Waals surface area contributed by atoms with Crippen molar-refractivity contribution in [2.75, 3.05) is 12.5 Å². The van der Waals surface area contributed by atoms with Crippen molar-refractivity contribution in [1.82, 2.24) is 0 Å². The van der Waals surface area contributed by atoms with Gasteiger partial charge in [0, 0.05) is 15.6 Å². The van der Waals surface area contributed by atoms with E-state index in [0.717, 1.165) is 10.0 Å². The third-order valence-electron chi connectivity index (χ3n) is 2.20. The normalized spacial score (nSPS) is 13.7. The van der Waals surface area contributed by atoms with Crippen LogP contribution in [0.5, 0.6) is 0 Å². The van der Waals surface area contributed by atoms with Gasteiger partial charge in [-0.1, -0.05) is 0 Å². The summed E-state index contributed by atoms with van der Waals surface area (Å²) in [6.45, 7) is 1.68. The zero-order valence-corrected chi connectivity index (χ0v) is 13.1. The molecule has 1 N–H and O–H groups in total. The van der Waals surface area contributed by atoms with Gasteiger partial charge in [-0.05, 0) is 53.2 Å². The summed E-state index contributed by atoms with van der Waals surface area (Å²) >= 11 is 4.76. The molecule has 3 nitrogen and oxygen atoms in total. The van der Waals surface area contributed by atoms with Crippen LogP contribution in [0.2, 0.25) is 0 Å². The van der Waals surface area contributed by atoms with E-state index < -0.39 is 15.9 Å². The van der Waals surface area contributed by atoms with Crippen LogP contribution in [0.15, 0.2) is 26.4 Å². The number of hydrogen-bond donors (Lipinski definition) is 1. The predicted molar refractivity (Wildman–Crippen MR) is 74.4 cm³/mol. The molecule has 6 heteroatoms. The van der Waals surface area contributed by atoms with E-state index in [-0.39, 0.29) is 0 Å². The molecule has 0 spiro atoms. The molecular weight excluding hydrogens is 324 g/mol. The molecule has 0 amide bonds. The van der Waals surface area contributed by atoms with Crippen LogP contribution in [0.4, 0.5) is 0 Å². The Labute approximate surface area is 115 Å². The SMILES string of the molecule is CSc1c(Br)cc(CC(C)O)cc1S(C)(=O)=O. The Morgan fingerprint density at radius 3 is 2.47 bits per heavy atom. The number of aliphatic hydroxyl groups is 1. The van der Waals surface area contributed by atoms with E-state index in [1.54, 1.807) is 13.0 Å². The van der Waals surface area contributed by atoms with Crippen molar-refractivity contribution < 1.29 is 13.5 Å². The highest BCUT2D eigenvalue weighted by molar-refractivity contribution is 9.10. The summed E-state index contributed by atoms with van der Waals surface area (Å²) in [7, 11) is -3.26. The first-order valence-electron chi connectivity index (χ1n) is 5.00. The summed E-state index contributed by atoms with van der Waals surface area (Å²) in [5.41, 5.74) is 0.810. The minimum absolute atomic E-state index is 0.315. The predicted octanol–water partition coefficient (Wildman–Crippen LogP) is 2.50. The van der Waals surface area contributed by atoms with E-state index in [2.05, 4.69) is 15.9 Å². The Bertz CT molecular complexity index is 510. The van der Waals surface area contributed by atoms with E-state index in [1.807, 2.05) is 12.3 Å². The van der Waals surface area contributed by atoms with Gasteiger partial charge in [0.05, 0.1) is 11.0 Å². The monoisotopic (exact) mass is 338 g/mol. The van der Waals surface area contributed by atoms with Crippen LogP contribution in [-0.4, -0.2) is 32.1 Å². The smallest absolute Gasteiger partial charge is 0.176 e. The lowest BCUT2D eigenvalue weighted by Gasteiger charge is -2.12. The fourth-order valence-electron chi connectivity index (χ4n) is 1.55. The van der Waals surface area contributed by atoms with Gasteiger partial charge in [0.25, 0.3) is 0 Å². The lowest BCUT2D eigenvalue weighted by Crippen LogP contribution is -2.07. The van der Waals surface area contributed by atoms with Gasteiger partial charge in [0.2, 0.25) is 0 Å². The Morgan fingerprint density at radius 1 is 1.47 bits per heavy atom. The second-order valence-electron chi connectivity index (χ2n) is 3.93. The maximum atomic E-state index is 11.7. The molecule has 0 heterocycles. The van der Waals surface area contributed by atoms with Gasteiger partial charge >= 0.3 is 0 Å². The van der Waals surface area contributed by atoms with Crippen LogP contribution >= 0.6 is 27.7 Å². The van der Waals surface area contributed by atoms with E-state index in [9.17, 15) is 13.5 Å². The number of benzene rings is 1. The van der Waals surface area contributed by atoms with Crippen molar-refractivity contribution in [3.63, 3.8) is 0 Å². The highest BCUT2D eigenvalue weighted by atomic mass is 79.9. The summed E-state index contributed by atoms with van der Waals surface area (Å²) in [6.07, 6.45) is 2.98. The number of sulfone groups is 1. The van der Waals surface area contributed by atoms with Crippen molar-refractivity contribution in [1.29, 1.82) is 0 Å². The summed E-state index contributed by atoms with van der Waals surface area (Å²) in [4.78, 5) is 1.02. The second kappa shape index (κ2) is 5.73. The van der Waals surface area contributed by atoms with Crippen molar-refractivity contribution in [2.45, 2.75) is 29.2 Å². The van der Waals surface area contributed by atoms with Crippen LogP contribution in [0.3, 0.4) is 0 Å². The first kappa shape index (κ1) is 15.0. The standard InChI is InChI=1S/C11H15BrO3S2/c1-7(13)4-8-5-9(12)11(16-2)10(6-8)17(3,14)15/h5-7,13H,4H2,1-3H3. The largest absolute Gasteiger partial charge is 0.393 e. The molecule has 1 aromatic carbocycles. The first-order chi connectivity index (χ1) is 7.75. The van der Waals surface area contributed by atoms with Gasteiger partial charge in [-0.2, -0.15) is 0 Å². The average Bonchev–Trinajstić information content (AvgIpc) is 2.14. The highest BCUT2D eigenvalue weighted by Crippen LogP contribution is 2.34. The van der Waals surface area contributed by atoms with Crippen molar-refractivity contribution in [3.05, 3.63) is 22.2 Å². The fourth-order valence-corrected chi connectivity index (χ4v) is 4.71. The Balaban J connectivity index is 3.39. The Morgan fingerprint density at radius 2 is 2.06 bits per heavy atom. The van der Waals surface area contributed by atoms with Crippen LogP contribution in [-0.2, 0) is 16.3 Å². The fraction of sp³-hybridized carbons (Fsp3) is 0.455. The summed E-state index contributed by atoms with van der Waals surface area (Å²) in [5, 5.41) is 9.35. The van der Waals surface area contributed by atoms with Crippen molar-refractivity contribution >= 4 is 37.5 Å². The van der Waals surface area contributed by atoms with Gasteiger partial charge in [-0.25, -0.2) is 8.42 Å². The molecule has 1 rings (SSSR count). The van der Waals surface area contributed by atoms with E-state index in [4.69, 9.17) is 0 Å². The van der Waals surface area contributed by atoms with Crippen molar-refractivity contribution in [2.24, 2.45) is 0 Å². The van der Waals surface area contributed by atoms with Crippen LogP contribution in [0.1, 0.15) is 12.5 Å². The molecule has 0 aromatic heterocycles. The molecule has 1 aromatic rings. The number of rotatable bonds is 4. The van der Waals surface area contributed by atoms with Gasteiger partial charge in [-0.3, -0.25) is 0 Å². The molecule has 1 atom stereocenters. The molecule has 17 heavy (non-hydrogen) atoms. The van der Waals surface area contributed by atoms with Gasteiger partial charge in [0.1, 0.15) is 0 Å². The molecule has 96 valence electrons.